The van der Waals surface area contributed by atoms with Crippen LogP contribution in [0.1, 0.15) is 114 Å². The lowest BCUT2D eigenvalue weighted by Crippen LogP contribution is -2.29. The maximum Gasteiger partial charge on any atom is 0.212 e. The Balaban J connectivity index is 1.37. The topological polar surface area (TPSA) is 76.6 Å². The number of benzene rings is 7. The van der Waals surface area contributed by atoms with Crippen LogP contribution in [-0.2, 0) is 10.1 Å². The van der Waals surface area contributed by atoms with Crippen LogP contribution in [0.2, 0.25) is 0 Å². The second kappa shape index (κ2) is 22.7. The van der Waals surface area contributed by atoms with Crippen molar-refractivity contribution in [1.82, 2.24) is 4.58 Å². The fourth-order valence-corrected chi connectivity index (χ4v) is 12.0. The Hall–Kier alpha value is -5.58. The molecule has 0 N–H and O–H groups in total. The van der Waals surface area contributed by atoms with Crippen molar-refractivity contribution in [1.29, 1.82) is 0 Å². The molecule has 0 fully saturated rings. The SMILES string of the molecule is CC(C)c1cccc(C(C)C)c1N(CCCSc1ccccc1)c1ccc2c(-c3ccccc3S(=O)(=O)[O-])c3ccc(=[N+](CCCSc4ccccc4)c4c(C(C)C)cccc4C(C)C)cc-3oc2c1. The summed E-state index contributed by atoms with van der Waals surface area (Å²) in [7, 11) is -4.85. The molecular weight excluding hydrogens is 921 g/mol. The lowest BCUT2D eigenvalue weighted by atomic mass is 9.91. The Labute approximate surface area is 425 Å². The van der Waals surface area contributed by atoms with E-state index in [0.29, 0.717) is 22.5 Å². The van der Waals surface area contributed by atoms with Crippen molar-refractivity contribution in [2.24, 2.45) is 0 Å². The van der Waals surface area contributed by atoms with E-state index in [-0.39, 0.29) is 28.6 Å². The van der Waals surface area contributed by atoms with Gasteiger partial charge >= 0.3 is 0 Å². The molecule has 0 unspecified atom stereocenters. The Kier molecular flexibility index (Phi) is 16.4. The Morgan fingerprint density at radius 1 is 0.571 bits per heavy atom. The molecule has 1 aliphatic carbocycles. The largest absolute Gasteiger partial charge is 0.744 e. The molecule has 0 bridgehead atoms. The molecule has 6 nitrogen and oxygen atoms in total. The zero-order valence-electron chi connectivity index (χ0n) is 41.8. The summed E-state index contributed by atoms with van der Waals surface area (Å²) in [6.07, 6.45) is 1.85. The first-order valence-electron chi connectivity index (χ1n) is 24.8. The number of rotatable bonds is 19. The van der Waals surface area contributed by atoms with Gasteiger partial charge < -0.3 is 13.9 Å². The predicted molar refractivity (Wildman–Crippen MR) is 296 cm³/mol. The molecule has 0 spiro atoms. The van der Waals surface area contributed by atoms with Crippen LogP contribution in [0.25, 0.3) is 33.4 Å². The molecule has 0 saturated carbocycles. The molecule has 362 valence electrons. The molecule has 1 aliphatic heterocycles. The first-order valence-corrected chi connectivity index (χ1v) is 28.1. The van der Waals surface area contributed by atoms with Crippen molar-refractivity contribution >= 4 is 61.7 Å². The molecule has 2 aliphatic rings. The van der Waals surface area contributed by atoms with E-state index in [4.69, 9.17) is 4.42 Å². The van der Waals surface area contributed by atoms with Gasteiger partial charge in [0.05, 0.1) is 11.0 Å². The second-order valence-corrected chi connectivity index (χ2v) is 23.0. The van der Waals surface area contributed by atoms with Gasteiger partial charge in [-0.15, -0.1) is 23.5 Å². The quantitative estimate of drug-likeness (QED) is 0.0263. The normalized spacial score (nSPS) is 12.5. The van der Waals surface area contributed by atoms with Gasteiger partial charge in [-0.05, 0) is 95.5 Å². The lowest BCUT2D eigenvalue weighted by molar-refractivity contribution is 0.463. The van der Waals surface area contributed by atoms with Gasteiger partial charge in [0.15, 0.2) is 0 Å². The number of anilines is 2. The van der Waals surface area contributed by atoms with Gasteiger partial charge in [-0.1, -0.05) is 146 Å². The minimum Gasteiger partial charge on any atom is -0.744 e. The van der Waals surface area contributed by atoms with Gasteiger partial charge in [0.25, 0.3) is 0 Å². The number of fused-ring (bicyclic) bond motifs is 2. The van der Waals surface area contributed by atoms with Gasteiger partial charge in [0, 0.05) is 85.2 Å². The summed E-state index contributed by atoms with van der Waals surface area (Å²) < 4.78 is 48.9. The Morgan fingerprint density at radius 3 is 1.69 bits per heavy atom. The maximum atomic E-state index is 13.1. The summed E-state index contributed by atoms with van der Waals surface area (Å²) in [5.41, 5.74) is 10.9. The highest BCUT2D eigenvalue weighted by Crippen LogP contribution is 2.45. The number of thioether (sulfide) groups is 2. The molecule has 0 amide bonds. The highest BCUT2D eigenvalue weighted by Gasteiger charge is 2.28. The fourth-order valence-electron chi connectivity index (χ4n) is 9.63. The van der Waals surface area contributed by atoms with Gasteiger partial charge in [0.2, 0.25) is 11.0 Å². The van der Waals surface area contributed by atoms with E-state index in [1.54, 1.807) is 18.2 Å². The molecule has 1 heterocycles. The van der Waals surface area contributed by atoms with Crippen LogP contribution < -0.4 is 14.8 Å². The van der Waals surface area contributed by atoms with Crippen LogP contribution in [0.3, 0.4) is 0 Å². The molecule has 0 aromatic heterocycles. The molecule has 8 rings (SSSR count). The number of para-hydroxylation sites is 2. The third-order valence-electron chi connectivity index (χ3n) is 13.0. The highest BCUT2D eigenvalue weighted by molar-refractivity contribution is 7.99. The monoisotopic (exact) mass is 986 g/mol. The van der Waals surface area contributed by atoms with Gasteiger partial charge in [0.1, 0.15) is 28.0 Å². The smallest absolute Gasteiger partial charge is 0.212 e. The van der Waals surface area contributed by atoms with Crippen molar-refractivity contribution in [3.8, 4) is 22.5 Å². The molecule has 0 atom stereocenters. The zero-order chi connectivity index (χ0) is 49.5. The van der Waals surface area contributed by atoms with E-state index in [1.165, 1.54) is 49.5 Å². The molecule has 70 heavy (non-hydrogen) atoms. The average molecular weight is 987 g/mol. The summed E-state index contributed by atoms with van der Waals surface area (Å²) in [4.78, 5) is 4.71. The summed E-state index contributed by atoms with van der Waals surface area (Å²) in [5.74, 6) is 3.58. The zero-order valence-corrected chi connectivity index (χ0v) is 44.3. The van der Waals surface area contributed by atoms with E-state index in [1.807, 2.05) is 35.7 Å². The Morgan fingerprint density at radius 2 is 1.11 bits per heavy atom. The minimum atomic E-state index is -4.85. The van der Waals surface area contributed by atoms with E-state index in [2.05, 4.69) is 186 Å². The molecule has 6 aromatic rings. The fraction of sp³-hybridized carbons (Fsp3) is 0.295. The first kappa shape index (κ1) is 50.8. The van der Waals surface area contributed by atoms with E-state index in [9.17, 15) is 13.0 Å². The van der Waals surface area contributed by atoms with Crippen LogP contribution in [0.5, 0.6) is 0 Å². The average Bonchev–Trinajstić information content (AvgIpc) is 3.35. The summed E-state index contributed by atoms with van der Waals surface area (Å²) in [6, 6.07) is 53.7. The minimum absolute atomic E-state index is 0.257. The maximum absolute atomic E-state index is 13.1. The highest BCUT2D eigenvalue weighted by atomic mass is 32.2. The molecular formula is C61H66N2O4S3. The van der Waals surface area contributed by atoms with Crippen molar-refractivity contribution in [2.75, 3.05) is 29.5 Å². The van der Waals surface area contributed by atoms with E-state index < -0.39 is 10.1 Å². The third kappa shape index (κ3) is 11.4. The molecule has 9 heteroatoms. The van der Waals surface area contributed by atoms with Gasteiger partial charge in [-0.2, -0.15) is 4.58 Å². The molecule has 0 radical (unpaired) electrons. The number of hydrogen-bond acceptors (Lipinski definition) is 7. The van der Waals surface area contributed by atoms with Crippen molar-refractivity contribution in [3.63, 3.8) is 0 Å². The van der Waals surface area contributed by atoms with Crippen LogP contribution >= 0.6 is 23.5 Å². The summed E-state index contributed by atoms with van der Waals surface area (Å²) >= 11 is 3.73. The van der Waals surface area contributed by atoms with Crippen molar-refractivity contribution in [3.05, 3.63) is 185 Å². The standard InChI is InChI=1S/C61H66N2O4S3/c1-41(2)49-26-17-27-50(42(3)4)60(49)62(35-19-37-68-47-21-11-9-12-22-47)45-31-33-53-56(39-45)67-57-40-46(32-34-54(57)59(53)55-25-15-16-30-58(55)70(64,65)66)63(36-20-38-69-48-23-13-10-14-24-48)61-51(43(5)6)28-18-29-52(61)44(7)8/h9-18,21-34,39-44H,19-20,35-38H2,1-8H3. The van der Waals surface area contributed by atoms with Crippen LogP contribution in [0.15, 0.2) is 177 Å². The molecule has 6 aromatic carbocycles. The summed E-state index contributed by atoms with van der Waals surface area (Å²) in [6.45, 7) is 19.6. The number of nitrogens with zero attached hydrogens (tertiary/aromatic N) is 2. The van der Waals surface area contributed by atoms with Crippen molar-refractivity contribution in [2.45, 2.75) is 107 Å². The van der Waals surface area contributed by atoms with Crippen LogP contribution in [0, 0.1) is 0 Å². The Bertz CT molecular complexity index is 3160. The van der Waals surface area contributed by atoms with Crippen LogP contribution in [0.4, 0.5) is 17.1 Å². The summed E-state index contributed by atoms with van der Waals surface area (Å²) in [5, 5.41) is 1.70. The van der Waals surface area contributed by atoms with Crippen LogP contribution in [-0.4, -0.2) is 37.6 Å². The molecule has 0 saturated heterocycles. The van der Waals surface area contributed by atoms with Gasteiger partial charge in [-0.25, -0.2) is 8.42 Å². The number of hydrogen-bond donors (Lipinski definition) is 0. The van der Waals surface area contributed by atoms with E-state index in [0.717, 1.165) is 59.4 Å². The van der Waals surface area contributed by atoms with E-state index >= 15 is 0 Å². The third-order valence-corrected chi connectivity index (χ3v) is 16.1. The first-order chi connectivity index (χ1) is 33.7. The predicted octanol–water partition coefficient (Wildman–Crippen LogP) is 16.2. The van der Waals surface area contributed by atoms with Crippen molar-refractivity contribution < 1.29 is 17.4 Å². The van der Waals surface area contributed by atoms with Gasteiger partial charge in [-0.3, -0.25) is 0 Å². The second-order valence-electron chi connectivity index (χ2n) is 19.3. The lowest BCUT2D eigenvalue weighted by Gasteiger charge is -2.32.